The predicted molar refractivity (Wildman–Crippen MR) is 168 cm³/mol. The van der Waals surface area contributed by atoms with Crippen LogP contribution in [0.5, 0.6) is 0 Å². The van der Waals surface area contributed by atoms with Crippen LogP contribution in [0.3, 0.4) is 0 Å². The smallest absolute Gasteiger partial charge is 0.341 e. The number of primary amides is 1. The van der Waals surface area contributed by atoms with Crippen LogP contribution in [0.2, 0.25) is 0 Å². The number of anilines is 4. The number of nitrogens with two attached hydrogens (primary N) is 1. The van der Waals surface area contributed by atoms with Gasteiger partial charge in [0.25, 0.3) is 5.91 Å². The molecule has 0 aliphatic rings. The quantitative estimate of drug-likeness (QED) is 0.0963. The zero-order valence-electron chi connectivity index (χ0n) is 20.0. The van der Waals surface area contributed by atoms with Crippen molar-refractivity contribution >= 4 is 104 Å². The average Bonchev–Trinajstić information content (AvgIpc) is 2.88. The summed E-state index contributed by atoms with van der Waals surface area (Å²) in [5.74, 6) is -0.885. The van der Waals surface area contributed by atoms with Crippen molar-refractivity contribution in [3.8, 4) is 0 Å². The summed E-state index contributed by atoms with van der Waals surface area (Å²) in [5, 5.41) is 16.4. The lowest BCUT2D eigenvalue weighted by Gasteiger charge is -2.10. The second kappa shape index (κ2) is 14.5. The molecular weight excluding hydrogens is 752 g/mol. The van der Waals surface area contributed by atoms with Gasteiger partial charge < -0.3 is 21.5 Å². The summed E-state index contributed by atoms with van der Waals surface area (Å²) in [6.07, 6.45) is 6.47. The van der Waals surface area contributed by atoms with Crippen LogP contribution < -0.4 is 16.4 Å². The third-order valence-corrected chi connectivity index (χ3v) is 7.03. The van der Waals surface area contributed by atoms with Crippen LogP contribution in [-0.2, 0) is 0 Å². The van der Waals surface area contributed by atoms with E-state index in [9.17, 15) is 9.59 Å². The SMILES string of the molecule is CSc1ncc(C(=O)O)c(Nc2cccc(I)c2)n1.CSc1ncc(C(N)=O)c(Nc2cccc(I)c2)n1. The van der Waals surface area contributed by atoms with Gasteiger partial charge in [0.2, 0.25) is 0 Å². The van der Waals surface area contributed by atoms with Crippen molar-refractivity contribution < 1.29 is 14.7 Å². The van der Waals surface area contributed by atoms with Crippen molar-refractivity contribution in [2.45, 2.75) is 10.3 Å². The van der Waals surface area contributed by atoms with Crippen molar-refractivity contribution in [1.82, 2.24) is 19.9 Å². The van der Waals surface area contributed by atoms with E-state index in [1.165, 1.54) is 35.9 Å². The van der Waals surface area contributed by atoms with Gasteiger partial charge in [-0.2, -0.15) is 0 Å². The number of carbonyl (C=O) groups excluding carboxylic acids is 1. The number of amides is 1. The Bertz CT molecular complexity index is 1350. The summed E-state index contributed by atoms with van der Waals surface area (Å²) in [6.45, 7) is 0. The van der Waals surface area contributed by atoms with E-state index in [2.05, 4.69) is 75.8 Å². The van der Waals surface area contributed by atoms with Crippen molar-refractivity contribution in [2.24, 2.45) is 5.73 Å². The third-order valence-electron chi connectivity index (χ3n) is 4.57. The van der Waals surface area contributed by atoms with Crippen molar-refractivity contribution in [1.29, 1.82) is 0 Å². The minimum absolute atomic E-state index is 0.0525. The number of aromatic carboxylic acids is 1. The summed E-state index contributed by atoms with van der Waals surface area (Å²) < 4.78 is 2.14. The number of hydrogen-bond acceptors (Lipinski definition) is 10. The number of hydrogen-bond donors (Lipinski definition) is 4. The number of carboxylic acid groups (broad SMARTS) is 1. The molecule has 0 unspecified atom stereocenters. The lowest BCUT2D eigenvalue weighted by Crippen LogP contribution is -2.15. The van der Waals surface area contributed by atoms with Crippen LogP contribution in [-0.4, -0.2) is 49.4 Å². The molecule has 1 amide bonds. The minimum atomic E-state index is -1.05. The number of nitrogens with zero attached hydrogens (tertiary/aromatic N) is 4. The Morgan fingerprint density at radius 2 is 1.26 bits per heavy atom. The lowest BCUT2D eigenvalue weighted by molar-refractivity contribution is 0.0696. The normalized spacial score (nSPS) is 10.2. The van der Waals surface area contributed by atoms with Crippen LogP contribution in [0.1, 0.15) is 20.7 Å². The van der Waals surface area contributed by atoms with E-state index in [1.54, 1.807) is 0 Å². The van der Waals surface area contributed by atoms with Gasteiger partial charge in [-0.25, -0.2) is 24.7 Å². The van der Waals surface area contributed by atoms with E-state index < -0.39 is 11.9 Å². The maximum atomic E-state index is 11.4. The highest BCUT2D eigenvalue weighted by molar-refractivity contribution is 14.1. The predicted octanol–water partition coefficient (Wildman–Crippen LogP) is 5.89. The van der Waals surface area contributed by atoms with E-state index >= 15 is 0 Å². The van der Waals surface area contributed by atoms with Crippen LogP contribution in [0, 0.1) is 7.14 Å². The highest BCUT2D eigenvalue weighted by Crippen LogP contribution is 2.23. The first-order chi connectivity index (χ1) is 18.2. The molecule has 0 saturated carbocycles. The number of nitrogens with one attached hydrogen (secondary N) is 2. The first-order valence-electron chi connectivity index (χ1n) is 10.6. The average molecular weight is 773 g/mol. The molecule has 4 rings (SSSR count). The Hall–Kier alpha value is -2.70. The largest absolute Gasteiger partial charge is 0.477 e. The van der Waals surface area contributed by atoms with Gasteiger partial charge in [-0.15, -0.1) is 0 Å². The van der Waals surface area contributed by atoms with Crippen molar-refractivity contribution in [2.75, 3.05) is 23.1 Å². The molecule has 0 fully saturated rings. The Morgan fingerprint density at radius 3 is 1.66 bits per heavy atom. The molecule has 38 heavy (non-hydrogen) atoms. The number of halogens is 2. The molecule has 10 nitrogen and oxygen atoms in total. The summed E-state index contributed by atoms with van der Waals surface area (Å²) in [7, 11) is 0. The molecule has 0 aliphatic heterocycles. The molecule has 2 heterocycles. The summed E-state index contributed by atoms with van der Waals surface area (Å²) >= 11 is 7.17. The van der Waals surface area contributed by atoms with Crippen LogP contribution in [0.25, 0.3) is 0 Å². The highest BCUT2D eigenvalue weighted by atomic mass is 127. The van der Waals surface area contributed by atoms with Crippen LogP contribution in [0.15, 0.2) is 71.2 Å². The molecule has 2 aromatic carbocycles. The number of benzene rings is 2. The molecule has 0 atom stereocenters. The highest BCUT2D eigenvalue weighted by Gasteiger charge is 2.14. The Balaban J connectivity index is 0.000000211. The molecule has 2 aromatic heterocycles. The topological polar surface area (TPSA) is 156 Å². The summed E-state index contributed by atoms with van der Waals surface area (Å²) in [5.41, 5.74) is 7.29. The van der Waals surface area contributed by atoms with Gasteiger partial charge in [0, 0.05) is 30.9 Å². The third kappa shape index (κ3) is 8.67. The van der Waals surface area contributed by atoms with E-state index in [1.807, 2.05) is 61.0 Å². The molecule has 0 radical (unpaired) electrons. The minimum Gasteiger partial charge on any atom is -0.477 e. The van der Waals surface area contributed by atoms with Crippen LogP contribution >= 0.6 is 68.7 Å². The van der Waals surface area contributed by atoms with E-state index in [0.717, 1.165) is 18.5 Å². The molecule has 14 heteroatoms. The van der Waals surface area contributed by atoms with Gasteiger partial charge in [-0.05, 0) is 94.1 Å². The van der Waals surface area contributed by atoms with Gasteiger partial charge in [-0.3, -0.25) is 4.79 Å². The monoisotopic (exact) mass is 773 g/mol. The zero-order valence-corrected chi connectivity index (χ0v) is 25.9. The summed E-state index contributed by atoms with van der Waals surface area (Å²) in [6, 6.07) is 15.4. The fraction of sp³-hybridized carbons (Fsp3) is 0.0833. The number of carbonyl (C=O) groups is 2. The zero-order chi connectivity index (χ0) is 27.7. The molecular formula is C24H21I2N7O3S2. The van der Waals surface area contributed by atoms with Gasteiger partial charge in [0.15, 0.2) is 10.3 Å². The van der Waals surface area contributed by atoms with Gasteiger partial charge in [-0.1, -0.05) is 35.7 Å². The lowest BCUT2D eigenvalue weighted by atomic mass is 10.2. The number of carboxylic acids is 1. The number of aromatic nitrogens is 4. The molecule has 196 valence electrons. The second-order valence-electron chi connectivity index (χ2n) is 7.18. The molecule has 0 aliphatic carbocycles. The molecule has 0 saturated heterocycles. The number of rotatable bonds is 8. The Morgan fingerprint density at radius 1 is 0.816 bits per heavy atom. The van der Waals surface area contributed by atoms with E-state index in [4.69, 9.17) is 10.8 Å². The number of thioether (sulfide) groups is 2. The molecule has 5 N–H and O–H groups in total. The van der Waals surface area contributed by atoms with E-state index in [0.29, 0.717) is 21.9 Å². The first-order valence-corrected chi connectivity index (χ1v) is 15.2. The fourth-order valence-corrected chi connectivity index (χ4v) is 4.63. The molecule has 4 aromatic rings. The fourth-order valence-electron chi connectivity index (χ4n) is 2.86. The molecule has 0 spiro atoms. The summed E-state index contributed by atoms with van der Waals surface area (Å²) in [4.78, 5) is 39.0. The van der Waals surface area contributed by atoms with Gasteiger partial charge in [0.05, 0.1) is 0 Å². The maximum Gasteiger partial charge on any atom is 0.341 e. The standard InChI is InChI=1S/C12H11IN4OS.C12H10IN3O2S/c1-19-12-15-6-9(10(14)18)11(17-12)16-8-4-2-3-7(13)5-8;1-19-12-14-6-9(11(17)18)10(16-12)15-8-4-2-3-7(13)5-8/h2-6H,1H3,(H2,14,18)(H,15,16,17);2-6H,1H3,(H,17,18)(H,14,15,16). The van der Waals surface area contributed by atoms with Gasteiger partial charge in [0.1, 0.15) is 22.8 Å². The Labute approximate surface area is 254 Å². The second-order valence-corrected chi connectivity index (χ2v) is 11.2. The first kappa shape index (κ1) is 29.9. The van der Waals surface area contributed by atoms with Crippen LogP contribution in [0.4, 0.5) is 23.0 Å². The van der Waals surface area contributed by atoms with Crippen molar-refractivity contribution in [3.05, 3.63) is 79.2 Å². The van der Waals surface area contributed by atoms with Gasteiger partial charge >= 0.3 is 5.97 Å². The van der Waals surface area contributed by atoms with E-state index in [-0.39, 0.29) is 11.1 Å². The molecule has 0 bridgehead atoms. The maximum absolute atomic E-state index is 11.4. The van der Waals surface area contributed by atoms with Crippen molar-refractivity contribution in [3.63, 3.8) is 0 Å². The Kier molecular flexibility index (Phi) is 11.4.